The fourth-order valence-corrected chi connectivity index (χ4v) is 4.25. The Morgan fingerprint density at radius 1 is 1.00 bits per heavy atom. The van der Waals surface area contributed by atoms with E-state index < -0.39 is 10.0 Å². The smallest absolute Gasteiger partial charge is 0.264 e. The Labute approximate surface area is 194 Å². The topological polar surface area (TPSA) is 70.2 Å². The molecule has 0 aliphatic heterocycles. The van der Waals surface area contributed by atoms with Crippen LogP contribution in [0.15, 0.2) is 47.4 Å². The summed E-state index contributed by atoms with van der Waals surface area (Å²) in [5.41, 5.74) is 1.10. The van der Waals surface area contributed by atoms with Crippen LogP contribution in [0.25, 0.3) is 0 Å². The first-order valence-corrected chi connectivity index (χ1v) is 11.8. The minimum absolute atomic E-state index is 0.0227. The van der Waals surface area contributed by atoms with E-state index >= 15 is 0 Å². The van der Waals surface area contributed by atoms with E-state index in [-0.39, 0.29) is 16.4 Å². The van der Waals surface area contributed by atoms with Gasteiger partial charge in [-0.25, -0.2) is 8.42 Å². The first-order valence-electron chi connectivity index (χ1n) is 9.57. The van der Waals surface area contributed by atoms with Crippen molar-refractivity contribution >= 4 is 39.1 Å². The largest absolute Gasteiger partial charge is 0.334 e. The monoisotopic (exact) mass is 487 g/mol. The van der Waals surface area contributed by atoms with Crippen LogP contribution in [0.5, 0.6) is 0 Å². The van der Waals surface area contributed by atoms with E-state index in [0.717, 1.165) is 23.0 Å². The van der Waals surface area contributed by atoms with E-state index in [1.807, 2.05) is 25.1 Å². The third-order valence-corrected chi connectivity index (χ3v) is 7.07. The molecule has 0 saturated heterocycles. The molecule has 7 nitrogen and oxygen atoms in total. The summed E-state index contributed by atoms with van der Waals surface area (Å²) in [6.45, 7) is 1.61. The molecule has 0 bridgehead atoms. The molecule has 2 aromatic carbocycles. The Balaban J connectivity index is 2.33. The van der Waals surface area contributed by atoms with Crippen molar-refractivity contribution < 1.29 is 18.0 Å². The highest BCUT2D eigenvalue weighted by Crippen LogP contribution is 2.24. The SMILES string of the molecule is CON(C)S(=O)(=O)c1cccc(C(=O)N(CCCN(C)C)Cc2ccc(Cl)c(Cl)c2)c1. The third kappa shape index (κ3) is 6.90. The van der Waals surface area contributed by atoms with Crippen molar-refractivity contribution in [2.24, 2.45) is 0 Å². The van der Waals surface area contributed by atoms with Crippen LogP contribution >= 0.6 is 23.2 Å². The fourth-order valence-electron chi connectivity index (χ4n) is 2.91. The number of nitrogens with zero attached hydrogens (tertiary/aromatic N) is 3. The second kappa shape index (κ2) is 11.3. The van der Waals surface area contributed by atoms with Gasteiger partial charge in [0.1, 0.15) is 0 Å². The molecule has 0 spiro atoms. The second-order valence-electron chi connectivity index (χ2n) is 7.26. The van der Waals surface area contributed by atoms with E-state index in [1.165, 1.54) is 26.3 Å². The molecule has 0 heterocycles. The first kappa shape index (κ1) is 25.6. The molecule has 0 N–H and O–H groups in total. The molecule has 1 amide bonds. The molecule has 0 fully saturated rings. The third-order valence-electron chi connectivity index (χ3n) is 4.65. The average Bonchev–Trinajstić information content (AvgIpc) is 2.74. The Bertz CT molecular complexity index is 1020. The lowest BCUT2D eigenvalue weighted by Gasteiger charge is -2.24. The van der Waals surface area contributed by atoms with Crippen LogP contribution in [0.3, 0.4) is 0 Å². The van der Waals surface area contributed by atoms with Gasteiger partial charge in [0.2, 0.25) is 0 Å². The number of carbonyl (C=O) groups is 1. The van der Waals surface area contributed by atoms with Crippen molar-refractivity contribution in [1.82, 2.24) is 14.3 Å². The van der Waals surface area contributed by atoms with Gasteiger partial charge in [0.25, 0.3) is 15.9 Å². The van der Waals surface area contributed by atoms with Gasteiger partial charge in [-0.3, -0.25) is 9.63 Å². The lowest BCUT2D eigenvalue weighted by Crippen LogP contribution is -2.33. The number of hydroxylamine groups is 1. The maximum Gasteiger partial charge on any atom is 0.264 e. The summed E-state index contributed by atoms with van der Waals surface area (Å²) in [7, 11) is 2.61. The van der Waals surface area contributed by atoms with Gasteiger partial charge in [0.15, 0.2) is 0 Å². The maximum atomic E-state index is 13.3. The number of benzene rings is 2. The van der Waals surface area contributed by atoms with Gasteiger partial charge >= 0.3 is 0 Å². The Kier molecular flexibility index (Phi) is 9.29. The standard InChI is InChI=1S/C21H27Cl2N3O4S/c1-24(2)11-6-12-26(15-16-9-10-19(22)20(23)13-16)21(27)17-7-5-8-18(14-17)31(28,29)25(3)30-4/h5,7-10,13-14H,6,11-12,15H2,1-4H3. The molecule has 0 aliphatic carbocycles. The first-order chi connectivity index (χ1) is 14.6. The van der Waals surface area contributed by atoms with E-state index in [0.29, 0.717) is 23.1 Å². The van der Waals surface area contributed by atoms with Crippen LogP contribution in [-0.2, 0) is 21.4 Å². The van der Waals surface area contributed by atoms with Crippen LogP contribution < -0.4 is 0 Å². The number of sulfonamides is 1. The molecule has 170 valence electrons. The van der Waals surface area contributed by atoms with Crippen molar-refractivity contribution in [3.05, 3.63) is 63.6 Å². The molecule has 0 unspecified atom stereocenters. The zero-order chi connectivity index (χ0) is 23.2. The molecular formula is C21H27Cl2N3O4S. The minimum Gasteiger partial charge on any atom is -0.334 e. The number of rotatable bonds is 10. The van der Waals surface area contributed by atoms with Gasteiger partial charge in [-0.2, -0.15) is 0 Å². The van der Waals surface area contributed by atoms with Crippen molar-refractivity contribution in [2.45, 2.75) is 17.9 Å². The van der Waals surface area contributed by atoms with Gasteiger partial charge < -0.3 is 9.80 Å². The zero-order valence-electron chi connectivity index (χ0n) is 18.0. The zero-order valence-corrected chi connectivity index (χ0v) is 20.3. The lowest BCUT2D eigenvalue weighted by molar-refractivity contribution is -0.0258. The Morgan fingerprint density at radius 3 is 2.32 bits per heavy atom. The molecule has 0 aliphatic rings. The van der Waals surface area contributed by atoms with Crippen LogP contribution in [0.4, 0.5) is 0 Å². The number of hydrogen-bond acceptors (Lipinski definition) is 5. The predicted octanol–water partition coefficient (Wildman–Crippen LogP) is 3.77. The van der Waals surface area contributed by atoms with E-state index in [4.69, 9.17) is 28.0 Å². The Hall–Kier alpha value is -1.68. The van der Waals surface area contributed by atoms with Crippen molar-refractivity contribution in [3.8, 4) is 0 Å². The molecule has 0 atom stereocenters. The van der Waals surface area contributed by atoms with Crippen LogP contribution in [0.1, 0.15) is 22.3 Å². The quantitative estimate of drug-likeness (QED) is 0.477. The number of hydrogen-bond donors (Lipinski definition) is 0. The van der Waals surface area contributed by atoms with Gasteiger partial charge in [0.05, 0.1) is 22.1 Å². The number of carbonyl (C=O) groups excluding carboxylic acids is 1. The normalized spacial score (nSPS) is 11.9. The summed E-state index contributed by atoms with van der Waals surface area (Å²) in [5, 5.41) is 0.853. The summed E-state index contributed by atoms with van der Waals surface area (Å²) in [5.74, 6) is -0.276. The van der Waals surface area contributed by atoms with Gasteiger partial charge in [0, 0.05) is 25.7 Å². The maximum absolute atomic E-state index is 13.3. The summed E-state index contributed by atoms with van der Waals surface area (Å²) < 4.78 is 25.9. The molecule has 31 heavy (non-hydrogen) atoms. The minimum atomic E-state index is -3.87. The van der Waals surface area contributed by atoms with Crippen molar-refractivity contribution in [3.63, 3.8) is 0 Å². The van der Waals surface area contributed by atoms with Gasteiger partial charge in [-0.05, 0) is 63.0 Å². The van der Waals surface area contributed by atoms with Crippen LogP contribution in [0, 0.1) is 0 Å². The highest BCUT2D eigenvalue weighted by Gasteiger charge is 2.23. The highest BCUT2D eigenvalue weighted by molar-refractivity contribution is 7.89. The van der Waals surface area contributed by atoms with Crippen molar-refractivity contribution in [1.29, 1.82) is 0 Å². The molecule has 2 aromatic rings. The summed E-state index contributed by atoms with van der Waals surface area (Å²) >= 11 is 12.1. The summed E-state index contributed by atoms with van der Waals surface area (Å²) in [6.07, 6.45) is 0.754. The fraction of sp³-hybridized carbons (Fsp3) is 0.381. The molecule has 0 radical (unpaired) electrons. The lowest BCUT2D eigenvalue weighted by atomic mass is 10.1. The van der Waals surface area contributed by atoms with Crippen LogP contribution in [0.2, 0.25) is 10.0 Å². The van der Waals surface area contributed by atoms with E-state index in [9.17, 15) is 13.2 Å². The molecule has 0 saturated carbocycles. The molecular weight excluding hydrogens is 461 g/mol. The van der Waals surface area contributed by atoms with Gasteiger partial charge in [-0.15, -0.1) is 0 Å². The van der Waals surface area contributed by atoms with E-state index in [2.05, 4.69) is 0 Å². The molecule has 0 aromatic heterocycles. The summed E-state index contributed by atoms with van der Waals surface area (Å²) in [4.78, 5) is 21.8. The van der Waals surface area contributed by atoms with E-state index in [1.54, 1.807) is 29.2 Å². The average molecular weight is 488 g/mol. The number of amides is 1. The van der Waals surface area contributed by atoms with Gasteiger partial charge in [-0.1, -0.05) is 39.8 Å². The second-order valence-corrected chi connectivity index (χ2v) is 10.0. The van der Waals surface area contributed by atoms with Crippen molar-refractivity contribution in [2.75, 3.05) is 41.3 Å². The molecule has 2 rings (SSSR count). The summed E-state index contributed by atoms with van der Waals surface area (Å²) in [6, 6.07) is 11.2. The molecule has 10 heteroatoms. The Morgan fingerprint density at radius 2 is 1.71 bits per heavy atom. The van der Waals surface area contributed by atoms with Crippen LogP contribution in [-0.4, -0.2) is 69.9 Å². The number of halogens is 2. The highest BCUT2D eigenvalue weighted by atomic mass is 35.5. The predicted molar refractivity (Wildman–Crippen MR) is 123 cm³/mol.